The highest BCUT2D eigenvalue weighted by Crippen LogP contribution is 2.21. The molecule has 7 heteroatoms. The van der Waals surface area contributed by atoms with Crippen molar-refractivity contribution in [1.29, 1.82) is 0 Å². The van der Waals surface area contributed by atoms with Crippen molar-refractivity contribution in [3.63, 3.8) is 0 Å². The van der Waals surface area contributed by atoms with Gasteiger partial charge in [-0.05, 0) is 50.3 Å². The number of carbonyl (C=O) groups is 1. The molecule has 0 spiro atoms. The van der Waals surface area contributed by atoms with Crippen LogP contribution in [0, 0.1) is 6.92 Å². The first-order chi connectivity index (χ1) is 9.86. The fourth-order valence-corrected chi connectivity index (χ4v) is 2.51. The Balaban J connectivity index is 1.93. The monoisotopic (exact) mass is 305 g/mol. The molecular weight excluding hydrogens is 286 g/mol. The van der Waals surface area contributed by atoms with Crippen molar-refractivity contribution < 1.29 is 4.79 Å². The number of aromatic nitrogens is 4. The lowest BCUT2D eigenvalue weighted by atomic mass is 10.1. The summed E-state index contributed by atoms with van der Waals surface area (Å²) in [5, 5.41) is 15.1. The first kappa shape index (κ1) is 15.5. The predicted octanol–water partition coefficient (Wildman–Crippen LogP) is 2.47. The molecule has 1 amide bonds. The Morgan fingerprint density at radius 3 is 2.57 bits per heavy atom. The summed E-state index contributed by atoms with van der Waals surface area (Å²) in [6.45, 7) is 8.05. The van der Waals surface area contributed by atoms with Crippen molar-refractivity contribution in [1.82, 2.24) is 20.2 Å². The summed E-state index contributed by atoms with van der Waals surface area (Å²) in [4.78, 5) is 11.9. The lowest BCUT2D eigenvalue weighted by molar-refractivity contribution is -0.113. The van der Waals surface area contributed by atoms with Crippen LogP contribution < -0.4 is 5.32 Å². The molecule has 1 aromatic carbocycles. The maximum atomic E-state index is 11.9. The third-order valence-electron chi connectivity index (χ3n) is 2.74. The zero-order chi connectivity index (χ0) is 15.5. The summed E-state index contributed by atoms with van der Waals surface area (Å²) in [6, 6.07) is 7.69. The molecule has 6 nitrogen and oxygen atoms in total. The van der Waals surface area contributed by atoms with E-state index in [9.17, 15) is 4.79 Å². The van der Waals surface area contributed by atoms with Crippen molar-refractivity contribution in [2.24, 2.45) is 0 Å². The number of hydrogen-bond acceptors (Lipinski definition) is 5. The van der Waals surface area contributed by atoms with E-state index in [4.69, 9.17) is 0 Å². The first-order valence-corrected chi connectivity index (χ1v) is 7.63. The minimum absolute atomic E-state index is 0.0766. The molecule has 0 saturated heterocycles. The average molecular weight is 305 g/mol. The van der Waals surface area contributed by atoms with Gasteiger partial charge in [0.1, 0.15) is 0 Å². The molecular formula is C14H19N5OS. The molecule has 1 aromatic heterocycles. The van der Waals surface area contributed by atoms with Crippen LogP contribution in [-0.4, -0.2) is 31.9 Å². The van der Waals surface area contributed by atoms with Crippen LogP contribution in [0.3, 0.4) is 0 Å². The van der Waals surface area contributed by atoms with Crippen LogP contribution in [0.15, 0.2) is 29.4 Å². The number of amides is 1. The van der Waals surface area contributed by atoms with Crippen molar-refractivity contribution in [3.05, 3.63) is 29.8 Å². The van der Waals surface area contributed by atoms with Crippen LogP contribution in [0.5, 0.6) is 0 Å². The average Bonchev–Trinajstić information content (AvgIpc) is 2.87. The van der Waals surface area contributed by atoms with Gasteiger partial charge >= 0.3 is 0 Å². The highest BCUT2D eigenvalue weighted by atomic mass is 32.2. The molecule has 0 atom stereocenters. The molecule has 1 heterocycles. The second-order valence-corrected chi connectivity index (χ2v) is 6.69. The van der Waals surface area contributed by atoms with E-state index < -0.39 is 0 Å². The number of nitrogens with one attached hydrogen (secondary N) is 1. The van der Waals surface area contributed by atoms with Gasteiger partial charge in [0.25, 0.3) is 0 Å². The molecule has 0 fully saturated rings. The smallest absolute Gasteiger partial charge is 0.234 e. The number of tetrazole rings is 1. The van der Waals surface area contributed by atoms with Crippen LogP contribution in [0.2, 0.25) is 0 Å². The lowest BCUT2D eigenvalue weighted by Gasteiger charge is -2.19. The number of carbonyl (C=O) groups excluding carboxylic acids is 1. The largest absolute Gasteiger partial charge is 0.325 e. The fourth-order valence-electron chi connectivity index (χ4n) is 1.65. The van der Waals surface area contributed by atoms with E-state index in [-0.39, 0.29) is 17.2 Å². The number of thioether (sulfide) groups is 1. The van der Waals surface area contributed by atoms with Gasteiger partial charge in [-0.25, -0.2) is 4.68 Å². The highest BCUT2D eigenvalue weighted by molar-refractivity contribution is 7.99. The Hall–Kier alpha value is -1.89. The molecule has 0 unspecified atom stereocenters. The predicted molar refractivity (Wildman–Crippen MR) is 83.3 cm³/mol. The molecule has 0 radical (unpaired) electrons. The van der Waals surface area contributed by atoms with Gasteiger partial charge in [0.05, 0.1) is 11.3 Å². The third-order valence-corrected chi connectivity index (χ3v) is 3.66. The second kappa shape index (κ2) is 6.26. The molecule has 0 aliphatic rings. The zero-order valence-corrected chi connectivity index (χ0v) is 13.4. The number of aryl methyl sites for hydroxylation is 1. The van der Waals surface area contributed by atoms with Gasteiger partial charge in [0.2, 0.25) is 11.1 Å². The molecule has 0 bridgehead atoms. The molecule has 0 aliphatic carbocycles. The normalized spacial score (nSPS) is 11.4. The summed E-state index contributed by atoms with van der Waals surface area (Å²) in [5.74, 6) is 0.192. The number of nitrogens with zero attached hydrogens (tertiary/aromatic N) is 4. The molecule has 2 aromatic rings. The SMILES string of the molecule is Cc1ccc(NC(=O)CSc2nnnn2C(C)(C)C)cc1. The Kier molecular flexibility index (Phi) is 4.62. The minimum Gasteiger partial charge on any atom is -0.325 e. The van der Waals surface area contributed by atoms with Crippen LogP contribution in [0.4, 0.5) is 5.69 Å². The maximum Gasteiger partial charge on any atom is 0.234 e. The van der Waals surface area contributed by atoms with Gasteiger partial charge in [-0.15, -0.1) is 5.10 Å². The zero-order valence-electron chi connectivity index (χ0n) is 12.6. The van der Waals surface area contributed by atoms with Gasteiger partial charge < -0.3 is 5.32 Å². The summed E-state index contributed by atoms with van der Waals surface area (Å²) >= 11 is 1.33. The van der Waals surface area contributed by atoms with Gasteiger partial charge in [-0.2, -0.15) is 0 Å². The van der Waals surface area contributed by atoms with Gasteiger partial charge in [0, 0.05) is 5.69 Å². The van der Waals surface area contributed by atoms with Crippen LogP contribution in [-0.2, 0) is 10.3 Å². The van der Waals surface area contributed by atoms with Gasteiger partial charge in [-0.3, -0.25) is 4.79 Å². The summed E-state index contributed by atoms with van der Waals surface area (Å²) in [7, 11) is 0. The fraction of sp³-hybridized carbons (Fsp3) is 0.429. The Morgan fingerprint density at radius 1 is 1.29 bits per heavy atom. The van der Waals surface area contributed by atoms with E-state index >= 15 is 0 Å². The summed E-state index contributed by atoms with van der Waals surface area (Å²) in [6.07, 6.45) is 0. The number of anilines is 1. The molecule has 0 aliphatic heterocycles. The number of benzene rings is 1. The standard InChI is InChI=1S/C14H19N5OS/c1-10-5-7-11(8-6-10)15-12(20)9-21-13-16-17-18-19(13)14(2,3)4/h5-8H,9H2,1-4H3,(H,15,20). The van der Waals surface area contributed by atoms with E-state index in [0.717, 1.165) is 11.3 Å². The molecule has 2 rings (SSSR count). The van der Waals surface area contributed by atoms with E-state index in [2.05, 4.69) is 20.8 Å². The van der Waals surface area contributed by atoms with Crippen LogP contribution in [0.1, 0.15) is 26.3 Å². The second-order valence-electron chi connectivity index (χ2n) is 5.75. The third kappa shape index (κ3) is 4.29. The summed E-state index contributed by atoms with van der Waals surface area (Å²) < 4.78 is 1.72. The number of rotatable bonds is 4. The van der Waals surface area contributed by atoms with E-state index in [1.54, 1.807) is 4.68 Å². The summed E-state index contributed by atoms with van der Waals surface area (Å²) in [5.41, 5.74) is 1.74. The lowest BCUT2D eigenvalue weighted by Crippen LogP contribution is -2.24. The van der Waals surface area contributed by atoms with E-state index in [0.29, 0.717) is 5.16 Å². The number of hydrogen-bond donors (Lipinski definition) is 1. The van der Waals surface area contributed by atoms with Gasteiger partial charge in [0.15, 0.2) is 0 Å². The van der Waals surface area contributed by atoms with E-state index in [1.807, 2.05) is 52.0 Å². The maximum absolute atomic E-state index is 11.9. The van der Waals surface area contributed by atoms with Crippen LogP contribution in [0.25, 0.3) is 0 Å². The highest BCUT2D eigenvalue weighted by Gasteiger charge is 2.20. The Bertz CT molecular complexity index is 615. The van der Waals surface area contributed by atoms with E-state index in [1.165, 1.54) is 11.8 Å². The van der Waals surface area contributed by atoms with Crippen molar-refractivity contribution in [3.8, 4) is 0 Å². The van der Waals surface area contributed by atoms with Crippen LogP contribution >= 0.6 is 11.8 Å². The minimum atomic E-state index is -0.209. The van der Waals surface area contributed by atoms with Crippen molar-refractivity contribution >= 4 is 23.4 Å². The molecule has 1 N–H and O–H groups in total. The molecule has 112 valence electrons. The molecule has 21 heavy (non-hydrogen) atoms. The molecule has 0 saturated carbocycles. The van der Waals surface area contributed by atoms with Crippen molar-refractivity contribution in [2.45, 2.75) is 38.4 Å². The van der Waals surface area contributed by atoms with Crippen molar-refractivity contribution in [2.75, 3.05) is 11.1 Å². The Morgan fingerprint density at radius 2 is 1.95 bits per heavy atom. The quantitative estimate of drug-likeness (QED) is 0.879. The van der Waals surface area contributed by atoms with Gasteiger partial charge in [-0.1, -0.05) is 29.5 Å². The first-order valence-electron chi connectivity index (χ1n) is 6.64. The topological polar surface area (TPSA) is 72.7 Å². The Labute approximate surface area is 128 Å².